The molecule has 2 fully saturated rings. The maximum absolute atomic E-state index is 10.6. The molecule has 0 aliphatic carbocycles. The fraction of sp³-hybridized carbons (Fsp3) is 0.522. The van der Waals surface area contributed by atoms with Crippen LogP contribution in [0.2, 0.25) is 0 Å². The highest BCUT2D eigenvalue weighted by Gasteiger charge is 2.40. The van der Waals surface area contributed by atoms with Crippen molar-refractivity contribution < 1.29 is 55.6 Å². The van der Waals surface area contributed by atoms with Gasteiger partial charge in [-0.2, -0.15) is 37.7 Å². The second-order valence-electron chi connectivity index (χ2n) is 8.31. The molecule has 0 bridgehead atoms. The van der Waals surface area contributed by atoms with Crippen LogP contribution in [0.15, 0.2) is 41.4 Å². The van der Waals surface area contributed by atoms with E-state index >= 15 is 0 Å². The number of aromatic nitrogens is 1. The van der Waals surface area contributed by atoms with Gasteiger partial charge in [0.05, 0.1) is 25.4 Å². The van der Waals surface area contributed by atoms with Crippen LogP contribution in [0.25, 0.3) is 0 Å². The summed E-state index contributed by atoms with van der Waals surface area (Å²) in [4.78, 5) is 24.4. The summed E-state index contributed by atoms with van der Waals surface area (Å²) in [7, 11) is 0. The molecular formula is C23H26F6N2O6S. The van der Waals surface area contributed by atoms with Gasteiger partial charge in [-0.05, 0) is 59.3 Å². The number of carboxylic acids is 2. The highest BCUT2D eigenvalue weighted by atomic mass is 32.1. The van der Waals surface area contributed by atoms with Gasteiger partial charge in [-0.15, -0.1) is 0 Å². The van der Waals surface area contributed by atoms with E-state index in [1.54, 1.807) is 23.7 Å². The van der Waals surface area contributed by atoms with E-state index in [4.69, 9.17) is 29.3 Å². The molecule has 3 atom stereocenters. The summed E-state index contributed by atoms with van der Waals surface area (Å²) < 4.78 is 75.6. The summed E-state index contributed by atoms with van der Waals surface area (Å²) in [6, 6.07) is 6.81. The topological polar surface area (TPSA) is 109 Å². The molecule has 0 amide bonds. The average Bonchev–Trinajstić information content (AvgIpc) is 3.50. The SMILES string of the molecule is O=C(O)C(F)(F)F.O=C(O)C(F)(F)F.c1cc(COC[C@H]2CC[C@H]3[C@H](CCN3Cc3ccsc3)O2)ccn1. The first-order valence-corrected chi connectivity index (χ1v) is 12.2. The number of nitrogens with zero attached hydrogens (tertiary/aromatic N) is 2. The van der Waals surface area contributed by atoms with E-state index in [1.165, 1.54) is 17.5 Å². The number of alkyl halides is 6. The van der Waals surface area contributed by atoms with Crippen molar-refractivity contribution in [3.05, 3.63) is 52.5 Å². The molecule has 0 saturated carbocycles. The van der Waals surface area contributed by atoms with Gasteiger partial charge in [-0.25, -0.2) is 9.59 Å². The van der Waals surface area contributed by atoms with Crippen LogP contribution in [-0.2, 0) is 32.2 Å². The Hall–Kier alpha value is -2.75. The molecule has 0 spiro atoms. The average molecular weight is 573 g/mol. The zero-order valence-corrected chi connectivity index (χ0v) is 20.6. The maximum atomic E-state index is 10.6. The van der Waals surface area contributed by atoms with Crippen molar-refractivity contribution in [2.75, 3.05) is 13.2 Å². The van der Waals surface area contributed by atoms with E-state index in [0.29, 0.717) is 25.4 Å². The summed E-state index contributed by atoms with van der Waals surface area (Å²) in [5, 5.41) is 18.7. The first kappa shape index (κ1) is 31.5. The summed E-state index contributed by atoms with van der Waals surface area (Å²) in [6.45, 7) is 3.55. The van der Waals surface area contributed by atoms with Crippen molar-refractivity contribution in [3.8, 4) is 0 Å². The van der Waals surface area contributed by atoms with E-state index in [2.05, 4.69) is 26.7 Å². The number of aliphatic carboxylic acids is 2. The highest BCUT2D eigenvalue weighted by molar-refractivity contribution is 7.07. The monoisotopic (exact) mass is 572 g/mol. The molecule has 2 aliphatic heterocycles. The third kappa shape index (κ3) is 10.9. The lowest BCUT2D eigenvalue weighted by atomic mass is 9.99. The van der Waals surface area contributed by atoms with E-state index in [0.717, 1.165) is 25.9 Å². The summed E-state index contributed by atoms with van der Waals surface area (Å²) in [6.07, 6.45) is -2.46. The minimum atomic E-state index is -5.08. The molecule has 2 saturated heterocycles. The fourth-order valence-electron chi connectivity index (χ4n) is 3.81. The lowest BCUT2D eigenvalue weighted by Gasteiger charge is -2.36. The van der Waals surface area contributed by atoms with Crippen molar-refractivity contribution in [1.29, 1.82) is 0 Å². The maximum Gasteiger partial charge on any atom is 0.490 e. The molecule has 4 heterocycles. The van der Waals surface area contributed by atoms with Gasteiger partial charge in [0, 0.05) is 31.5 Å². The Morgan fingerprint density at radius 2 is 1.61 bits per heavy atom. The van der Waals surface area contributed by atoms with E-state index in [9.17, 15) is 26.3 Å². The van der Waals surface area contributed by atoms with Crippen LogP contribution in [0.3, 0.4) is 0 Å². The van der Waals surface area contributed by atoms with Gasteiger partial charge in [0.25, 0.3) is 0 Å². The van der Waals surface area contributed by atoms with Crippen molar-refractivity contribution in [2.24, 2.45) is 0 Å². The molecule has 4 rings (SSSR count). The summed E-state index contributed by atoms with van der Waals surface area (Å²) in [5.41, 5.74) is 2.60. The molecule has 0 unspecified atom stereocenters. The second-order valence-corrected chi connectivity index (χ2v) is 9.09. The first-order chi connectivity index (χ1) is 17.8. The smallest absolute Gasteiger partial charge is 0.475 e. The second kappa shape index (κ2) is 14.4. The van der Waals surface area contributed by atoms with Crippen LogP contribution in [0.4, 0.5) is 26.3 Å². The van der Waals surface area contributed by atoms with Gasteiger partial charge in [0.1, 0.15) is 0 Å². The number of likely N-dealkylation sites (tertiary alicyclic amines) is 1. The van der Waals surface area contributed by atoms with Crippen LogP contribution in [-0.4, -0.2) is 75.8 Å². The fourth-order valence-corrected chi connectivity index (χ4v) is 4.47. The van der Waals surface area contributed by atoms with E-state index in [1.807, 2.05) is 12.1 Å². The van der Waals surface area contributed by atoms with Crippen LogP contribution in [0.1, 0.15) is 30.4 Å². The Bertz CT molecular complexity index is 967. The number of ether oxygens (including phenoxy) is 2. The molecule has 8 nitrogen and oxygen atoms in total. The molecule has 2 aliphatic rings. The Labute approximate surface area is 217 Å². The van der Waals surface area contributed by atoms with Gasteiger partial charge in [-0.3, -0.25) is 9.88 Å². The molecule has 38 heavy (non-hydrogen) atoms. The normalized spacial score (nSPS) is 21.4. The van der Waals surface area contributed by atoms with Gasteiger partial charge < -0.3 is 19.7 Å². The Morgan fingerprint density at radius 3 is 2.13 bits per heavy atom. The van der Waals surface area contributed by atoms with Crippen LogP contribution in [0.5, 0.6) is 0 Å². The number of fused-ring (bicyclic) bond motifs is 1. The lowest BCUT2D eigenvalue weighted by molar-refractivity contribution is -0.193. The Kier molecular flexibility index (Phi) is 11.9. The van der Waals surface area contributed by atoms with Crippen LogP contribution >= 0.6 is 11.3 Å². The number of pyridine rings is 1. The third-order valence-electron chi connectivity index (χ3n) is 5.52. The van der Waals surface area contributed by atoms with E-state index in [-0.39, 0.29) is 6.10 Å². The number of thiophene rings is 1. The van der Waals surface area contributed by atoms with Crippen molar-refractivity contribution in [1.82, 2.24) is 9.88 Å². The molecule has 2 N–H and O–H groups in total. The predicted molar refractivity (Wildman–Crippen MR) is 122 cm³/mol. The minimum absolute atomic E-state index is 0.245. The lowest BCUT2D eigenvalue weighted by Crippen LogP contribution is -2.43. The van der Waals surface area contributed by atoms with Gasteiger partial charge in [-0.1, -0.05) is 0 Å². The van der Waals surface area contributed by atoms with Gasteiger partial charge in [0.2, 0.25) is 0 Å². The summed E-state index contributed by atoms with van der Waals surface area (Å²) in [5.74, 6) is -5.51. The number of halogens is 6. The quantitative estimate of drug-likeness (QED) is 0.478. The van der Waals surface area contributed by atoms with Crippen LogP contribution in [0, 0.1) is 0 Å². The van der Waals surface area contributed by atoms with Crippen molar-refractivity contribution in [3.63, 3.8) is 0 Å². The Morgan fingerprint density at radius 1 is 1.00 bits per heavy atom. The highest BCUT2D eigenvalue weighted by Crippen LogP contribution is 2.32. The molecular weight excluding hydrogens is 546 g/mol. The summed E-state index contributed by atoms with van der Waals surface area (Å²) >= 11 is 1.78. The van der Waals surface area contributed by atoms with E-state index < -0.39 is 24.3 Å². The molecule has 2 aromatic rings. The predicted octanol–water partition coefficient (Wildman–Crippen LogP) is 4.75. The van der Waals surface area contributed by atoms with Gasteiger partial charge >= 0.3 is 24.3 Å². The zero-order chi connectivity index (χ0) is 28.3. The number of hydrogen-bond donors (Lipinski definition) is 2. The molecule has 2 aromatic heterocycles. The zero-order valence-electron chi connectivity index (χ0n) is 19.8. The Balaban J connectivity index is 0.000000301. The molecule has 0 aromatic carbocycles. The number of rotatable bonds is 6. The molecule has 212 valence electrons. The number of hydrogen-bond acceptors (Lipinski definition) is 7. The third-order valence-corrected chi connectivity index (χ3v) is 6.26. The minimum Gasteiger partial charge on any atom is -0.475 e. The van der Waals surface area contributed by atoms with Crippen molar-refractivity contribution >= 4 is 23.3 Å². The molecule has 15 heteroatoms. The molecule has 0 radical (unpaired) electrons. The van der Waals surface area contributed by atoms with Crippen LogP contribution < -0.4 is 0 Å². The number of carbonyl (C=O) groups is 2. The standard InChI is InChI=1S/C19H24N2O2S.2C2HF3O2/c1-2-18-19(5-9-21(18)11-16-6-10-24-14-16)23-17(1)13-22-12-15-3-7-20-8-4-15;2*3-2(4,5)1(6)7/h3-4,6-8,10,14,17-19H,1-2,5,9,11-13H2;2*(H,6,7)/t17-,18+,19+;;/m1../s1. The van der Waals surface area contributed by atoms with Crippen molar-refractivity contribution in [2.45, 2.75) is 63.0 Å². The largest absolute Gasteiger partial charge is 0.490 e. The first-order valence-electron chi connectivity index (χ1n) is 11.2. The van der Waals surface area contributed by atoms with Gasteiger partial charge in [0.15, 0.2) is 0 Å². The number of carboxylic acid groups (broad SMARTS) is 2.